The number of benzene rings is 1. The number of rotatable bonds is 3. The van der Waals surface area contributed by atoms with Crippen LogP contribution in [0.3, 0.4) is 0 Å². The number of anilines is 1. The minimum atomic E-state index is -2.00. The lowest BCUT2D eigenvalue weighted by Crippen LogP contribution is -2.37. The van der Waals surface area contributed by atoms with Gasteiger partial charge >= 0.3 is 0 Å². The molecule has 0 radical (unpaired) electrons. The van der Waals surface area contributed by atoms with Crippen molar-refractivity contribution in [3.8, 4) is 5.75 Å². The van der Waals surface area contributed by atoms with E-state index < -0.39 is 40.2 Å². The second-order valence-electron chi connectivity index (χ2n) is 5.27. The molecule has 0 bridgehead atoms. The average molecular weight is 342 g/mol. The number of carbonyl (C=O) groups excluding carboxylic acids is 2. The molecule has 2 aliphatic rings. The third kappa shape index (κ3) is 2.99. The van der Waals surface area contributed by atoms with Crippen LogP contribution in [0.2, 0.25) is 0 Å². The second-order valence-corrected chi connectivity index (χ2v) is 6.41. The second kappa shape index (κ2) is 6.13. The fraction of sp³-hybridized carbons (Fsp3) is 0.385. The lowest BCUT2D eigenvalue weighted by atomic mass is 10.1. The number of carbonyl (C=O) groups is 2. The Morgan fingerprint density at radius 3 is 2.87 bits per heavy atom. The van der Waals surface area contributed by atoms with Crippen molar-refractivity contribution in [2.75, 3.05) is 23.9 Å². The molecule has 0 aromatic heterocycles. The maximum atomic E-state index is 14.7. The molecule has 124 valence electrons. The van der Waals surface area contributed by atoms with Crippen molar-refractivity contribution in [1.82, 2.24) is 15.4 Å². The van der Waals surface area contributed by atoms with Crippen LogP contribution in [0.4, 0.5) is 10.1 Å². The highest BCUT2D eigenvalue weighted by Crippen LogP contribution is 2.34. The predicted octanol–water partition coefficient (Wildman–Crippen LogP) is -0.862. The quantitative estimate of drug-likeness (QED) is 0.571. The molecule has 2 saturated heterocycles. The van der Waals surface area contributed by atoms with Gasteiger partial charge in [0.15, 0.2) is 5.82 Å². The summed E-state index contributed by atoms with van der Waals surface area (Å²) in [5.41, 5.74) is -0.708. The summed E-state index contributed by atoms with van der Waals surface area (Å²) >= 11 is -2.00. The minimum absolute atomic E-state index is 0.0942. The minimum Gasteiger partial charge on any atom is -0.506 e. The van der Waals surface area contributed by atoms with Gasteiger partial charge in [-0.1, -0.05) is 0 Å². The van der Waals surface area contributed by atoms with Crippen LogP contribution >= 0.6 is 0 Å². The van der Waals surface area contributed by atoms with Gasteiger partial charge in [0.2, 0.25) is 11.2 Å². The summed E-state index contributed by atoms with van der Waals surface area (Å²) in [5.74, 6) is -2.69. The highest BCUT2D eigenvalue weighted by atomic mass is 32.2. The highest BCUT2D eigenvalue weighted by Gasteiger charge is 2.33. The predicted molar refractivity (Wildman–Crippen MR) is 80.4 cm³/mol. The number of amides is 2. The Morgan fingerprint density at radius 1 is 1.48 bits per heavy atom. The zero-order valence-corrected chi connectivity index (χ0v) is 12.8. The fourth-order valence-electron chi connectivity index (χ4n) is 2.54. The molecule has 2 aliphatic heterocycles. The molecule has 23 heavy (non-hydrogen) atoms. The molecule has 8 nitrogen and oxygen atoms in total. The van der Waals surface area contributed by atoms with Gasteiger partial charge in [0, 0.05) is 12.6 Å². The van der Waals surface area contributed by atoms with E-state index in [9.17, 15) is 23.3 Å². The molecule has 10 heteroatoms. The summed E-state index contributed by atoms with van der Waals surface area (Å²) in [5, 5.41) is 15.6. The topological polar surface area (TPSA) is 111 Å². The number of phenols is 1. The van der Waals surface area contributed by atoms with E-state index in [1.807, 2.05) is 0 Å². The van der Waals surface area contributed by atoms with Crippen molar-refractivity contribution in [3.63, 3.8) is 0 Å². The van der Waals surface area contributed by atoms with Crippen molar-refractivity contribution in [1.29, 1.82) is 0 Å². The van der Waals surface area contributed by atoms with Crippen LogP contribution in [0.1, 0.15) is 16.8 Å². The summed E-state index contributed by atoms with van der Waals surface area (Å²) in [6.07, 6.45) is 0.743. The van der Waals surface area contributed by atoms with E-state index in [0.29, 0.717) is 6.54 Å². The number of hydrogen-bond acceptors (Lipinski definition) is 5. The average Bonchev–Trinajstić information content (AvgIpc) is 3.09. The smallest absolute Gasteiger partial charge is 0.254 e. The summed E-state index contributed by atoms with van der Waals surface area (Å²) in [7, 11) is 0. The molecule has 3 rings (SSSR count). The van der Waals surface area contributed by atoms with Gasteiger partial charge < -0.3 is 15.7 Å². The van der Waals surface area contributed by atoms with E-state index in [4.69, 9.17) is 0 Å². The van der Waals surface area contributed by atoms with Crippen molar-refractivity contribution in [2.45, 2.75) is 12.5 Å². The molecule has 1 aromatic carbocycles. The van der Waals surface area contributed by atoms with Crippen molar-refractivity contribution in [3.05, 3.63) is 23.5 Å². The molecule has 1 aromatic rings. The molecule has 0 aliphatic carbocycles. The van der Waals surface area contributed by atoms with Gasteiger partial charge in [0.1, 0.15) is 18.0 Å². The number of halogens is 1. The highest BCUT2D eigenvalue weighted by molar-refractivity contribution is 7.85. The fourth-order valence-corrected chi connectivity index (χ4v) is 3.49. The van der Waals surface area contributed by atoms with Crippen LogP contribution in [-0.4, -0.2) is 46.8 Å². The van der Waals surface area contributed by atoms with Crippen LogP contribution in [-0.2, 0) is 16.0 Å². The Kier molecular flexibility index (Phi) is 4.18. The maximum absolute atomic E-state index is 14.7. The lowest BCUT2D eigenvalue weighted by Gasteiger charge is -2.18. The van der Waals surface area contributed by atoms with Crippen LogP contribution < -0.4 is 19.7 Å². The summed E-state index contributed by atoms with van der Waals surface area (Å²) in [4.78, 5) is 23.5. The molecule has 2 unspecified atom stereocenters. The van der Waals surface area contributed by atoms with Gasteiger partial charge in [-0.3, -0.25) is 18.6 Å². The Balaban J connectivity index is 1.90. The Labute approximate surface area is 133 Å². The summed E-state index contributed by atoms with van der Waals surface area (Å²) < 4.78 is 29.4. The lowest BCUT2D eigenvalue weighted by molar-refractivity contribution is -0.117. The number of nitrogens with zero attached hydrogens (tertiary/aromatic N) is 1. The number of hydrogen-bond donors (Lipinski definition) is 4. The normalized spacial score (nSPS) is 23.9. The first kappa shape index (κ1) is 15.7. The molecule has 4 N–H and O–H groups in total. The molecule has 2 atom stereocenters. The Morgan fingerprint density at radius 2 is 2.26 bits per heavy atom. The molecule has 2 heterocycles. The number of nitrogens with one attached hydrogen (secondary N) is 3. The van der Waals surface area contributed by atoms with Gasteiger partial charge in [-0.2, -0.15) is 0 Å². The van der Waals surface area contributed by atoms with Crippen LogP contribution in [0.15, 0.2) is 12.1 Å². The van der Waals surface area contributed by atoms with E-state index in [2.05, 4.69) is 15.4 Å². The zero-order chi connectivity index (χ0) is 16.6. The van der Waals surface area contributed by atoms with Crippen LogP contribution in [0, 0.1) is 5.82 Å². The maximum Gasteiger partial charge on any atom is 0.254 e. The van der Waals surface area contributed by atoms with Crippen LogP contribution in [0.25, 0.3) is 0 Å². The van der Waals surface area contributed by atoms with Gasteiger partial charge in [0.25, 0.3) is 11.8 Å². The van der Waals surface area contributed by atoms with Crippen molar-refractivity contribution >= 4 is 28.7 Å². The van der Waals surface area contributed by atoms with E-state index in [-0.39, 0.29) is 18.2 Å². The zero-order valence-electron chi connectivity index (χ0n) is 12.0. The van der Waals surface area contributed by atoms with E-state index in [1.165, 1.54) is 0 Å². The van der Waals surface area contributed by atoms with E-state index >= 15 is 0 Å². The molecule has 0 saturated carbocycles. The van der Waals surface area contributed by atoms with Crippen molar-refractivity contribution in [2.24, 2.45) is 0 Å². The number of phenolic OH excluding ortho intramolecular Hbond substituents is 1. The standard InChI is InChI=1S/C13H15FN4O4S/c14-11-8(13(21)16-7-3-4-15-5-7)1-2-9(19)12(11)18-6-10(20)17-23(18)22/h1-2,7,15,19H,3-6H2,(H,16,21)(H,17,20). The largest absolute Gasteiger partial charge is 0.506 e. The molecule has 2 amide bonds. The molecule has 0 spiro atoms. The van der Waals surface area contributed by atoms with Crippen molar-refractivity contribution < 1.29 is 23.3 Å². The van der Waals surface area contributed by atoms with E-state index in [0.717, 1.165) is 29.4 Å². The first-order valence-electron chi connectivity index (χ1n) is 6.99. The van der Waals surface area contributed by atoms with Gasteiger partial charge in [0.05, 0.1) is 5.56 Å². The summed E-state index contributed by atoms with van der Waals surface area (Å²) in [6.45, 7) is 1.01. The van der Waals surface area contributed by atoms with Crippen LogP contribution in [0.5, 0.6) is 5.75 Å². The monoisotopic (exact) mass is 342 g/mol. The Bertz CT molecular complexity index is 693. The SMILES string of the molecule is O=C1CN(c2c(O)ccc(C(=O)NC3CCNC3)c2F)S(=O)N1. The Hall–Kier alpha value is -2.20. The first-order valence-corrected chi connectivity index (χ1v) is 8.10. The van der Waals surface area contributed by atoms with Gasteiger partial charge in [-0.25, -0.2) is 8.60 Å². The van der Waals surface area contributed by atoms with Gasteiger partial charge in [-0.05, 0) is 25.1 Å². The molecule has 2 fully saturated rings. The molecular weight excluding hydrogens is 327 g/mol. The molecular formula is C13H15FN4O4S. The first-order chi connectivity index (χ1) is 11.0. The number of aromatic hydroxyl groups is 1. The van der Waals surface area contributed by atoms with Gasteiger partial charge in [-0.15, -0.1) is 0 Å². The third-order valence-electron chi connectivity index (χ3n) is 3.67. The summed E-state index contributed by atoms with van der Waals surface area (Å²) in [6, 6.07) is 2.20. The third-order valence-corrected chi connectivity index (χ3v) is 4.79. The van der Waals surface area contributed by atoms with E-state index in [1.54, 1.807) is 0 Å².